The van der Waals surface area contributed by atoms with E-state index in [1.54, 1.807) is 24.4 Å². The molecule has 188 valence electrons. The van der Waals surface area contributed by atoms with E-state index in [1.165, 1.54) is 6.07 Å². The molecule has 36 heavy (non-hydrogen) atoms. The van der Waals surface area contributed by atoms with E-state index in [2.05, 4.69) is 31.2 Å². The number of nitriles is 1. The summed E-state index contributed by atoms with van der Waals surface area (Å²) in [5, 5.41) is 20.2. The number of nitrogens with zero attached hydrogens (tertiary/aromatic N) is 9. The van der Waals surface area contributed by atoms with Crippen molar-refractivity contribution in [1.82, 2.24) is 29.7 Å². The summed E-state index contributed by atoms with van der Waals surface area (Å²) in [7, 11) is 0. The van der Waals surface area contributed by atoms with Crippen LogP contribution in [0.5, 0.6) is 0 Å². The summed E-state index contributed by atoms with van der Waals surface area (Å²) in [6, 6.07) is 8.74. The summed E-state index contributed by atoms with van der Waals surface area (Å²) in [5.74, 6) is -0.171. The largest absolute Gasteiger partial charge is 0.453 e. The smallest absolute Gasteiger partial charge is 0.355 e. The fraction of sp³-hybridized carbons (Fsp3) is 0.478. The zero-order valence-corrected chi connectivity index (χ0v) is 19.4. The Balaban J connectivity index is 1.21. The van der Waals surface area contributed by atoms with Gasteiger partial charge in [0, 0.05) is 51.4 Å². The van der Waals surface area contributed by atoms with Crippen LogP contribution in [-0.2, 0) is 11.0 Å². The first-order valence-corrected chi connectivity index (χ1v) is 11.8. The van der Waals surface area contributed by atoms with E-state index in [0.29, 0.717) is 69.3 Å². The second kappa shape index (κ2) is 9.60. The van der Waals surface area contributed by atoms with Crippen molar-refractivity contribution in [3.8, 4) is 6.07 Å². The van der Waals surface area contributed by atoms with Gasteiger partial charge in [0.2, 0.25) is 5.91 Å². The van der Waals surface area contributed by atoms with Gasteiger partial charge >= 0.3 is 6.18 Å². The average Bonchev–Trinajstić information content (AvgIpc) is 3.18. The van der Waals surface area contributed by atoms with Crippen LogP contribution in [0.3, 0.4) is 0 Å². The molecule has 0 saturated carbocycles. The molecule has 0 unspecified atom stereocenters. The number of hydrogen-bond acceptors (Lipinski definition) is 8. The normalized spacial score (nSPS) is 17.8. The fourth-order valence-electron chi connectivity index (χ4n) is 4.82. The van der Waals surface area contributed by atoms with Gasteiger partial charge in [-0.3, -0.25) is 4.79 Å². The van der Waals surface area contributed by atoms with Crippen LogP contribution in [0, 0.1) is 17.2 Å². The van der Waals surface area contributed by atoms with E-state index in [-0.39, 0.29) is 17.5 Å². The van der Waals surface area contributed by atoms with Crippen LogP contribution < -0.4 is 9.80 Å². The van der Waals surface area contributed by atoms with Crippen LogP contribution in [0.4, 0.5) is 24.8 Å². The zero-order chi connectivity index (χ0) is 25.3. The van der Waals surface area contributed by atoms with E-state index >= 15 is 0 Å². The summed E-state index contributed by atoms with van der Waals surface area (Å²) in [4.78, 5) is 23.5. The molecular weight excluding hydrogens is 475 g/mol. The predicted molar refractivity (Wildman–Crippen MR) is 123 cm³/mol. The van der Waals surface area contributed by atoms with Crippen molar-refractivity contribution in [1.29, 1.82) is 5.26 Å². The number of carbonyl (C=O) groups is 1. The molecule has 3 aromatic heterocycles. The monoisotopic (exact) mass is 499 g/mol. The number of pyridine rings is 1. The second-order valence-electron chi connectivity index (χ2n) is 8.90. The molecule has 2 aliphatic rings. The molecular formula is C23H24F3N9O. The maximum atomic E-state index is 13.3. The zero-order valence-electron chi connectivity index (χ0n) is 19.4. The number of rotatable bonds is 3. The molecule has 1 amide bonds. The maximum absolute atomic E-state index is 13.3. The molecule has 0 radical (unpaired) electrons. The van der Waals surface area contributed by atoms with Crippen LogP contribution >= 0.6 is 0 Å². The van der Waals surface area contributed by atoms with Crippen molar-refractivity contribution < 1.29 is 18.0 Å². The molecule has 0 bridgehead atoms. The maximum Gasteiger partial charge on any atom is 0.453 e. The molecule has 2 fully saturated rings. The highest BCUT2D eigenvalue weighted by Crippen LogP contribution is 2.29. The van der Waals surface area contributed by atoms with Crippen LogP contribution in [0.1, 0.15) is 30.7 Å². The number of halogens is 3. The first-order valence-electron chi connectivity index (χ1n) is 11.8. The van der Waals surface area contributed by atoms with Crippen LogP contribution in [0.15, 0.2) is 30.5 Å². The molecule has 13 heteroatoms. The highest BCUT2D eigenvalue weighted by atomic mass is 19.4. The Morgan fingerprint density at radius 1 is 1.00 bits per heavy atom. The fourth-order valence-corrected chi connectivity index (χ4v) is 4.82. The summed E-state index contributed by atoms with van der Waals surface area (Å²) >= 11 is 0. The minimum atomic E-state index is -4.65. The van der Waals surface area contributed by atoms with E-state index in [1.807, 2.05) is 9.80 Å². The molecule has 2 aliphatic heterocycles. The Labute approximate surface area is 204 Å². The number of carbonyl (C=O) groups excluding carboxylic acids is 1. The first-order chi connectivity index (χ1) is 17.3. The highest BCUT2D eigenvalue weighted by molar-refractivity contribution is 5.79. The molecule has 0 aromatic carbocycles. The molecule has 0 N–H and O–H groups in total. The van der Waals surface area contributed by atoms with Crippen molar-refractivity contribution in [3.05, 3.63) is 41.9 Å². The van der Waals surface area contributed by atoms with Gasteiger partial charge in [-0.2, -0.15) is 22.9 Å². The van der Waals surface area contributed by atoms with Gasteiger partial charge in [-0.15, -0.1) is 15.3 Å². The summed E-state index contributed by atoms with van der Waals surface area (Å²) < 4.78 is 40.3. The lowest BCUT2D eigenvalue weighted by atomic mass is 9.95. The minimum absolute atomic E-state index is 0.0268. The van der Waals surface area contributed by atoms with Crippen LogP contribution in [0.25, 0.3) is 5.65 Å². The topological polar surface area (TPSA) is 107 Å². The molecule has 0 spiro atoms. The number of hydrogen-bond donors (Lipinski definition) is 0. The highest BCUT2D eigenvalue weighted by Gasteiger charge is 2.38. The van der Waals surface area contributed by atoms with Crippen molar-refractivity contribution in [2.24, 2.45) is 5.92 Å². The minimum Gasteiger partial charge on any atom is -0.355 e. The third-order valence-corrected chi connectivity index (χ3v) is 6.68. The lowest BCUT2D eigenvalue weighted by Gasteiger charge is -2.34. The van der Waals surface area contributed by atoms with Gasteiger partial charge in [0.05, 0.1) is 5.56 Å². The third kappa shape index (κ3) is 4.62. The van der Waals surface area contributed by atoms with Gasteiger partial charge in [-0.05, 0) is 43.5 Å². The Bertz CT molecular complexity index is 1290. The Hall–Kier alpha value is -3.95. The van der Waals surface area contributed by atoms with Gasteiger partial charge in [0.15, 0.2) is 5.65 Å². The second-order valence-corrected chi connectivity index (χ2v) is 8.90. The molecule has 10 nitrogen and oxygen atoms in total. The van der Waals surface area contributed by atoms with E-state index in [9.17, 15) is 23.2 Å². The quantitative estimate of drug-likeness (QED) is 0.541. The number of alkyl halides is 3. The van der Waals surface area contributed by atoms with E-state index in [0.717, 1.165) is 10.9 Å². The average molecular weight is 500 g/mol. The molecule has 5 heterocycles. The van der Waals surface area contributed by atoms with Gasteiger partial charge < -0.3 is 14.7 Å². The van der Waals surface area contributed by atoms with Gasteiger partial charge in [0.25, 0.3) is 5.82 Å². The molecule has 0 aliphatic carbocycles. The third-order valence-electron chi connectivity index (χ3n) is 6.68. The van der Waals surface area contributed by atoms with Crippen LogP contribution in [0.2, 0.25) is 0 Å². The van der Waals surface area contributed by atoms with E-state index in [4.69, 9.17) is 0 Å². The molecule has 0 atom stereocenters. The number of aromatic nitrogens is 5. The Morgan fingerprint density at radius 2 is 1.81 bits per heavy atom. The summed E-state index contributed by atoms with van der Waals surface area (Å²) in [6.45, 7) is 3.52. The van der Waals surface area contributed by atoms with Gasteiger partial charge in [-0.25, -0.2) is 4.98 Å². The number of amides is 1. The van der Waals surface area contributed by atoms with Gasteiger partial charge in [0.1, 0.15) is 17.7 Å². The standard InChI is InChI=1S/C23H24F3N9O/c24-23(25,26)22-30-29-18-4-5-19(31-35(18)22)32-11-6-16(7-12-32)21(36)34-10-2-9-33(13-14-34)20-17(15-27)3-1-8-28-20/h1,3-5,8,16H,2,6-7,9-14H2. The Kier molecular flexibility index (Phi) is 6.34. The van der Waals surface area contributed by atoms with Crippen molar-refractivity contribution >= 4 is 23.2 Å². The van der Waals surface area contributed by atoms with Crippen molar-refractivity contribution in [2.75, 3.05) is 49.1 Å². The predicted octanol–water partition coefficient (Wildman–Crippen LogP) is 2.37. The lowest BCUT2D eigenvalue weighted by molar-refractivity contribution is -0.146. The lowest BCUT2D eigenvalue weighted by Crippen LogP contribution is -2.44. The number of piperidine rings is 1. The van der Waals surface area contributed by atoms with Crippen molar-refractivity contribution in [2.45, 2.75) is 25.4 Å². The van der Waals surface area contributed by atoms with Crippen LogP contribution in [-0.4, -0.2) is 74.9 Å². The SMILES string of the molecule is N#Cc1cccnc1N1CCCN(C(=O)C2CCN(c3ccc4nnc(C(F)(F)F)n4n3)CC2)CC1. The van der Waals surface area contributed by atoms with Gasteiger partial charge in [-0.1, -0.05) is 0 Å². The number of anilines is 2. The molecule has 2 saturated heterocycles. The Morgan fingerprint density at radius 3 is 2.56 bits per heavy atom. The summed E-state index contributed by atoms with van der Waals surface area (Å²) in [6.07, 6.45) is -1.04. The summed E-state index contributed by atoms with van der Waals surface area (Å²) in [5.41, 5.74) is 0.546. The molecule has 5 rings (SSSR count). The first kappa shape index (κ1) is 23.8. The number of fused-ring (bicyclic) bond motifs is 1. The van der Waals surface area contributed by atoms with Crippen molar-refractivity contribution in [3.63, 3.8) is 0 Å². The molecule has 3 aromatic rings. The van der Waals surface area contributed by atoms with E-state index < -0.39 is 12.0 Å².